The molecule has 0 amide bonds. The van der Waals surface area contributed by atoms with Gasteiger partial charge in [-0.15, -0.1) is 0 Å². The van der Waals surface area contributed by atoms with Crippen molar-refractivity contribution < 1.29 is 23.9 Å². The lowest BCUT2D eigenvalue weighted by Crippen LogP contribution is -2.24. The first kappa shape index (κ1) is 17.7. The average molecular weight is 307 g/mol. The van der Waals surface area contributed by atoms with Gasteiger partial charge in [-0.3, -0.25) is 9.59 Å². The van der Waals surface area contributed by atoms with Gasteiger partial charge < -0.3 is 14.5 Å². The van der Waals surface area contributed by atoms with Gasteiger partial charge in [0.2, 0.25) is 0 Å². The Morgan fingerprint density at radius 3 is 2.59 bits per heavy atom. The average Bonchev–Trinajstić information content (AvgIpc) is 2.83. The highest BCUT2D eigenvalue weighted by atomic mass is 16.6. The van der Waals surface area contributed by atoms with Crippen LogP contribution in [-0.2, 0) is 20.7 Å². The van der Waals surface area contributed by atoms with Gasteiger partial charge in [-0.05, 0) is 32.8 Å². The van der Waals surface area contributed by atoms with Crippen molar-refractivity contribution in [2.45, 2.75) is 39.2 Å². The maximum atomic E-state index is 12.1. The Kier molecular flexibility index (Phi) is 6.10. The fraction of sp³-hybridized carbons (Fsp3) is 0.438. The lowest BCUT2D eigenvalue weighted by atomic mass is 10.1. The first-order chi connectivity index (χ1) is 10.3. The molecule has 0 aliphatic carbocycles. The SMILES string of the molecule is C=CCOC(=O)CCc1c(C=O)c[nH]c1C(=O)OC(C)(C)C. The van der Waals surface area contributed by atoms with Crippen LogP contribution in [0.25, 0.3) is 0 Å². The van der Waals surface area contributed by atoms with Gasteiger partial charge in [0.15, 0.2) is 6.29 Å². The van der Waals surface area contributed by atoms with Crippen LogP contribution in [0.3, 0.4) is 0 Å². The van der Waals surface area contributed by atoms with Crippen molar-refractivity contribution in [1.82, 2.24) is 4.98 Å². The van der Waals surface area contributed by atoms with E-state index in [-0.39, 0.29) is 25.1 Å². The fourth-order valence-electron chi connectivity index (χ4n) is 1.81. The number of nitrogens with one attached hydrogen (secondary N) is 1. The summed E-state index contributed by atoms with van der Waals surface area (Å²) in [4.78, 5) is 37.5. The summed E-state index contributed by atoms with van der Waals surface area (Å²) in [5, 5.41) is 0. The van der Waals surface area contributed by atoms with Gasteiger partial charge in [0.05, 0.1) is 0 Å². The molecule has 1 aromatic rings. The monoisotopic (exact) mass is 307 g/mol. The molecule has 6 heteroatoms. The second kappa shape index (κ2) is 7.59. The largest absolute Gasteiger partial charge is 0.461 e. The van der Waals surface area contributed by atoms with Gasteiger partial charge in [0.1, 0.15) is 17.9 Å². The zero-order valence-corrected chi connectivity index (χ0v) is 13.1. The van der Waals surface area contributed by atoms with E-state index in [0.29, 0.717) is 17.4 Å². The van der Waals surface area contributed by atoms with Gasteiger partial charge in [0, 0.05) is 18.2 Å². The molecule has 0 saturated carbocycles. The highest BCUT2D eigenvalue weighted by Crippen LogP contribution is 2.19. The summed E-state index contributed by atoms with van der Waals surface area (Å²) in [6, 6.07) is 0. The molecule has 0 bridgehead atoms. The van der Waals surface area contributed by atoms with Crippen molar-refractivity contribution in [1.29, 1.82) is 0 Å². The normalized spacial score (nSPS) is 10.9. The molecule has 0 fully saturated rings. The molecule has 22 heavy (non-hydrogen) atoms. The highest BCUT2D eigenvalue weighted by Gasteiger charge is 2.23. The van der Waals surface area contributed by atoms with Crippen LogP contribution in [0.4, 0.5) is 0 Å². The molecule has 1 rings (SSSR count). The second-order valence-electron chi connectivity index (χ2n) is 5.69. The number of aldehydes is 1. The maximum absolute atomic E-state index is 12.1. The van der Waals surface area contributed by atoms with Crippen LogP contribution in [0.5, 0.6) is 0 Å². The molecule has 0 saturated heterocycles. The van der Waals surface area contributed by atoms with Gasteiger partial charge >= 0.3 is 11.9 Å². The molecule has 1 heterocycles. The van der Waals surface area contributed by atoms with Crippen LogP contribution in [0.1, 0.15) is 53.6 Å². The lowest BCUT2D eigenvalue weighted by molar-refractivity contribution is -0.142. The first-order valence-electron chi connectivity index (χ1n) is 6.93. The molecule has 1 aromatic heterocycles. The zero-order valence-electron chi connectivity index (χ0n) is 13.1. The summed E-state index contributed by atoms with van der Waals surface area (Å²) >= 11 is 0. The van der Waals surface area contributed by atoms with E-state index < -0.39 is 17.5 Å². The first-order valence-corrected chi connectivity index (χ1v) is 6.93. The van der Waals surface area contributed by atoms with Crippen molar-refractivity contribution >= 4 is 18.2 Å². The van der Waals surface area contributed by atoms with Crippen molar-refractivity contribution in [3.8, 4) is 0 Å². The number of aromatic nitrogens is 1. The van der Waals surface area contributed by atoms with E-state index in [4.69, 9.17) is 9.47 Å². The summed E-state index contributed by atoms with van der Waals surface area (Å²) < 4.78 is 10.2. The molecule has 0 atom stereocenters. The number of carbonyl (C=O) groups is 3. The highest BCUT2D eigenvalue weighted by molar-refractivity contribution is 5.93. The Balaban J connectivity index is 2.86. The molecular weight excluding hydrogens is 286 g/mol. The van der Waals surface area contributed by atoms with Gasteiger partial charge in [-0.2, -0.15) is 0 Å². The number of hydrogen-bond donors (Lipinski definition) is 1. The minimum absolute atomic E-state index is 0.0579. The predicted octanol–water partition coefficient (Wildman–Crippen LogP) is 2.44. The van der Waals surface area contributed by atoms with Crippen LogP contribution in [0.2, 0.25) is 0 Å². The Morgan fingerprint density at radius 2 is 2.05 bits per heavy atom. The third kappa shape index (κ3) is 5.20. The molecule has 1 N–H and O–H groups in total. The lowest BCUT2D eigenvalue weighted by Gasteiger charge is -2.19. The van der Waals surface area contributed by atoms with Gasteiger partial charge in [0.25, 0.3) is 0 Å². The Labute approximate surface area is 129 Å². The van der Waals surface area contributed by atoms with Crippen LogP contribution in [0, 0.1) is 0 Å². The van der Waals surface area contributed by atoms with E-state index in [2.05, 4.69) is 11.6 Å². The van der Waals surface area contributed by atoms with E-state index in [0.717, 1.165) is 0 Å². The molecule has 120 valence electrons. The summed E-state index contributed by atoms with van der Waals surface area (Å²) in [5.74, 6) is -0.983. The quantitative estimate of drug-likeness (QED) is 0.475. The van der Waals surface area contributed by atoms with Crippen molar-refractivity contribution in [2.24, 2.45) is 0 Å². The number of aromatic amines is 1. The number of ether oxygens (including phenoxy) is 2. The second-order valence-corrected chi connectivity index (χ2v) is 5.69. The van der Waals surface area contributed by atoms with Gasteiger partial charge in [-0.1, -0.05) is 12.7 Å². The Morgan fingerprint density at radius 1 is 1.36 bits per heavy atom. The van der Waals surface area contributed by atoms with Crippen molar-refractivity contribution in [3.63, 3.8) is 0 Å². The number of esters is 2. The summed E-state index contributed by atoms with van der Waals surface area (Å²) in [7, 11) is 0. The maximum Gasteiger partial charge on any atom is 0.355 e. The van der Waals surface area contributed by atoms with Crippen LogP contribution in [-0.4, -0.2) is 35.4 Å². The van der Waals surface area contributed by atoms with Crippen molar-refractivity contribution in [3.05, 3.63) is 35.7 Å². The molecule has 0 spiro atoms. The minimum Gasteiger partial charge on any atom is -0.461 e. The molecular formula is C16H21NO5. The third-order valence-electron chi connectivity index (χ3n) is 2.69. The molecule has 0 aliphatic heterocycles. The Hall–Kier alpha value is -2.37. The predicted molar refractivity (Wildman–Crippen MR) is 80.8 cm³/mol. The zero-order chi connectivity index (χ0) is 16.8. The van der Waals surface area contributed by atoms with E-state index in [1.807, 2.05) is 0 Å². The summed E-state index contributed by atoms with van der Waals surface area (Å²) in [6.45, 7) is 8.83. The van der Waals surface area contributed by atoms with Crippen molar-refractivity contribution in [2.75, 3.05) is 6.61 Å². The van der Waals surface area contributed by atoms with Crippen LogP contribution in [0.15, 0.2) is 18.9 Å². The van der Waals surface area contributed by atoms with Crippen LogP contribution < -0.4 is 0 Å². The molecule has 0 aromatic carbocycles. The Bertz CT molecular complexity index is 566. The molecule has 0 radical (unpaired) electrons. The molecule has 0 aliphatic rings. The number of rotatable bonds is 7. The fourth-order valence-corrected chi connectivity index (χ4v) is 1.81. The van der Waals surface area contributed by atoms with E-state index in [1.54, 1.807) is 20.8 Å². The smallest absolute Gasteiger partial charge is 0.355 e. The summed E-state index contributed by atoms with van der Waals surface area (Å²) in [6.07, 6.45) is 3.80. The van der Waals surface area contributed by atoms with E-state index >= 15 is 0 Å². The topological polar surface area (TPSA) is 85.5 Å². The van der Waals surface area contributed by atoms with Gasteiger partial charge in [-0.25, -0.2) is 4.79 Å². The minimum atomic E-state index is -0.649. The van der Waals surface area contributed by atoms with E-state index in [9.17, 15) is 14.4 Å². The summed E-state index contributed by atoms with van der Waals surface area (Å²) in [5.41, 5.74) is 0.328. The third-order valence-corrected chi connectivity index (χ3v) is 2.69. The van der Waals surface area contributed by atoms with Crippen LogP contribution >= 0.6 is 0 Å². The number of hydrogen-bond acceptors (Lipinski definition) is 5. The number of carbonyl (C=O) groups excluding carboxylic acids is 3. The van der Waals surface area contributed by atoms with E-state index in [1.165, 1.54) is 12.3 Å². The molecule has 0 unspecified atom stereocenters. The molecule has 6 nitrogen and oxygen atoms in total. The standard InChI is InChI=1S/C16H21NO5/c1-5-8-21-13(19)7-6-12-11(10-18)9-17-14(12)15(20)22-16(2,3)4/h5,9-10,17H,1,6-8H2,2-4H3. The number of H-pyrrole nitrogens is 1.